The van der Waals surface area contributed by atoms with Crippen LogP contribution in [-0.4, -0.2) is 32.7 Å². The van der Waals surface area contributed by atoms with Gasteiger partial charge in [0.05, 0.1) is 6.61 Å². The third kappa shape index (κ3) is 6.97. The molecule has 1 heterocycles. The van der Waals surface area contributed by atoms with Crippen molar-refractivity contribution in [1.82, 2.24) is 10.6 Å². The van der Waals surface area contributed by atoms with Crippen molar-refractivity contribution in [2.45, 2.75) is 39.5 Å². The first-order valence-corrected chi connectivity index (χ1v) is 8.38. The predicted molar refractivity (Wildman–Crippen MR) is 108 cm³/mol. The van der Waals surface area contributed by atoms with Gasteiger partial charge in [-0.25, -0.2) is 0 Å². The zero-order valence-corrected chi connectivity index (χ0v) is 16.9. The number of hydrogen-bond acceptors (Lipinski definition) is 2. The highest BCUT2D eigenvalue weighted by Gasteiger charge is 2.11. The van der Waals surface area contributed by atoms with Crippen molar-refractivity contribution in [3.8, 4) is 5.75 Å². The lowest BCUT2D eigenvalue weighted by Crippen LogP contribution is -2.38. The number of nitrogens with one attached hydrogen (secondary N) is 2. The summed E-state index contributed by atoms with van der Waals surface area (Å²) in [6.45, 7) is 7.21. The summed E-state index contributed by atoms with van der Waals surface area (Å²) in [6, 6.07) is 6.52. The summed E-state index contributed by atoms with van der Waals surface area (Å²) in [4.78, 5) is 4.27. The molecule has 4 nitrogen and oxygen atoms in total. The molecular weight excluding hydrogens is 401 g/mol. The standard InChI is InChI=1S/C18H29N3O.HI/c1-14(2)5-4-10-20-18(19-3)21-11-8-15-6-7-17-16(13-15)9-12-22-17;/h6-7,13-14H,4-5,8-12H2,1-3H3,(H2,19,20,21);1H. The van der Waals surface area contributed by atoms with Crippen LogP contribution in [0.15, 0.2) is 23.2 Å². The van der Waals surface area contributed by atoms with E-state index in [0.717, 1.165) is 50.2 Å². The number of nitrogens with zero attached hydrogens (tertiary/aromatic N) is 1. The van der Waals surface area contributed by atoms with E-state index < -0.39 is 0 Å². The van der Waals surface area contributed by atoms with Gasteiger partial charge < -0.3 is 15.4 Å². The molecule has 0 radical (unpaired) electrons. The lowest BCUT2D eigenvalue weighted by Gasteiger charge is -2.12. The van der Waals surface area contributed by atoms with Crippen molar-refractivity contribution in [2.75, 3.05) is 26.7 Å². The van der Waals surface area contributed by atoms with Gasteiger partial charge in [-0.1, -0.05) is 26.0 Å². The van der Waals surface area contributed by atoms with Crippen molar-refractivity contribution in [3.63, 3.8) is 0 Å². The molecule has 0 aliphatic carbocycles. The molecule has 1 aromatic rings. The van der Waals surface area contributed by atoms with Crippen LogP contribution in [0.25, 0.3) is 0 Å². The molecule has 0 unspecified atom stereocenters. The lowest BCUT2D eigenvalue weighted by atomic mass is 10.1. The minimum atomic E-state index is 0. The fourth-order valence-electron chi connectivity index (χ4n) is 2.66. The Kier molecular flexibility index (Phi) is 9.36. The third-order valence-corrected chi connectivity index (χ3v) is 3.93. The quantitative estimate of drug-likeness (QED) is 0.301. The minimum Gasteiger partial charge on any atom is -0.493 e. The van der Waals surface area contributed by atoms with Gasteiger partial charge in [-0.2, -0.15) is 0 Å². The van der Waals surface area contributed by atoms with E-state index in [9.17, 15) is 0 Å². The van der Waals surface area contributed by atoms with Crippen molar-refractivity contribution in [3.05, 3.63) is 29.3 Å². The van der Waals surface area contributed by atoms with Gasteiger partial charge in [0.1, 0.15) is 5.75 Å². The van der Waals surface area contributed by atoms with Crippen LogP contribution in [0.1, 0.15) is 37.8 Å². The maximum atomic E-state index is 5.54. The summed E-state index contributed by atoms with van der Waals surface area (Å²) in [6.07, 6.45) is 4.47. The van der Waals surface area contributed by atoms with Gasteiger partial charge in [0.15, 0.2) is 5.96 Å². The second-order valence-electron chi connectivity index (χ2n) is 6.25. The lowest BCUT2D eigenvalue weighted by molar-refractivity contribution is 0.357. The van der Waals surface area contributed by atoms with Crippen molar-refractivity contribution in [1.29, 1.82) is 0 Å². The molecule has 0 aromatic heterocycles. The molecule has 1 aliphatic heterocycles. The molecule has 1 aromatic carbocycles. The van der Waals surface area contributed by atoms with Gasteiger partial charge in [0.25, 0.3) is 0 Å². The highest BCUT2D eigenvalue weighted by Crippen LogP contribution is 2.25. The molecule has 130 valence electrons. The predicted octanol–water partition coefficient (Wildman–Crippen LogP) is 3.38. The molecule has 0 fully saturated rings. The summed E-state index contributed by atoms with van der Waals surface area (Å²) in [5, 5.41) is 6.75. The summed E-state index contributed by atoms with van der Waals surface area (Å²) >= 11 is 0. The molecule has 0 bridgehead atoms. The Labute approximate surface area is 157 Å². The molecule has 1 aliphatic rings. The van der Waals surface area contributed by atoms with Gasteiger partial charge in [0, 0.05) is 26.6 Å². The number of rotatable bonds is 7. The highest BCUT2D eigenvalue weighted by atomic mass is 127. The first kappa shape index (κ1) is 20.1. The Bertz CT molecular complexity index is 503. The zero-order valence-electron chi connectivity index (χ0n) is 14.5. The Morgan fingerprint density at radius 1 is 1.26 bits per heavy atom. The summed E-state index contributed by atoms with van der Waals surface area (Å²) < 4.78 is 5.54. The first-order chi connectivity index (χ1) is 10.7. The normalized spacial score (nSPS) is 13.3. The van der Waals surface area contributed by atoms with E-state index in [4.69, 9.17) is 4.74 Å². The molecule has 23 heavy (non-hydrogen) atoms. The Balaban J connectivity index is 0.00000264. The van der Waals surface area contributed by atoms with Gasteiger partial charge in [-0.3, -0.25) is 4.99 Å². The van der Waals surface area contributed by atoms with Crippen LogP contribution < -0.4 is 15.4 Å². The molecule has 0 saturated carbocycles. The van der Waals surface area contributed by atoms with Crippen LogP contribution in [-0.2, 0) is 12.8 Å². The van der Waals surface area contributed by atoms with Crippen LogP contribution >= 0.6 is 24.0 Å². The van der Waals surface area contributed by atoms with E-state index in [1.165, 1.54) is 24.0 Å². The van der Waals surface area contributed by atoms with Gasteiger partial charge >= 0.3 is 0 Å². The summed E-state index contributed by atoms with van der Waals surface area (Å²) in [5.41, 5.74) is 2.70. The van der Waals surface area contributed by atoms with Crippen molar-refractivity contribution >= 4 is 29.9 Å². The molecule has 0 amide bonds. The van der Waals surface area contributed by atoms with Crippen LogP contribution in [0.3, 0.4) is 0 Å². The minimum absolute atomic E-state index is 0. The third-order valence-electron chi connectivity index (χ3n) is 3.93. The largest absolute Gasteiger partial charge is 0.493 e. The summed E-state index contributed by atoms with van der Waals surface area (Å²) in [7, 11) is 1.82. The van der Waals surface area contributed by atoms with E-state index in [-0.39, 0.29) is 24.0 Å². The first-order valence-electron chi connectivity index (χ1n) is 8.38. The second kappa shape index (κ2) is 10.7. The fraction of sp³-hybridized carbons (Fsp3) is 0.611. The van der Waals surface area contributed by atoms with Gasteiger partial charge in [-0.15, -0.1) is 24.0 Å². The number of ether oxygens (including phenoxy) is 1. The Morgan fingerprint density at radius 2 is 2.04 bits per heavy atom. The van der Waals surface area contributed by atoms with Crippen LogP contribution in [0.5, 0.6) is 5.75 Å². The average molecular weight is 431 g/mol. The number of guanidine groups is 1. The molecule has 0 saturated heterocycles. The molecule has 0 spiro atoms. The number of hydrogen-bond donors (Lipinski definition) is 2. The number of halogens is 1. The Morgan fingerprint density at radius 3 is 2.78 bits per heavy atom. The molecular formula is C18H30IN3O. The topological polar surface area (TPSA) is 45.7 Å². The molecule has 5 heteroatoms. The van der Waals surface area contributed by atoms with E-state index in [1.807, 2.05) is 7.05 Å². The van der Waals surface area contributed by atoms with E-state index in [0.29, 0.717) is 0 Å². The average Bonchev–Trinajstić information content (AvgIpc) is 2.97. The molecule has 0 atom stereocenters. The smallest absolute Gasteiger partial charge is 0.190 e. The summed E-state index contributed by atoms with van der Waals surface area (Å²) in [5.74, 6) is 2.72. The van der Waals surface area contributed by atoms with Crippen LogP contribution in [0.2, 0.25) is 0 Å². The van der Waals surface area contributed by atoms with Crippen molar-refractivity contribution < 1.29 is 4.74 Å². The van der Waals surface area contributed by atoms with E-state index in [1.54, 1.807) is 0 Å². The van der Waals surface area contributed by atoms with Crippen LogP contribution in [0, 0.1) is 5.92 Å². The maximum absolute atomic E-state index is 5.54. The number of aliphatic imine (C=N–C) groups is 1. The monoisotopic (exact) mass is 431 g/mol. The van der Waals surface area contributed by atoms with E-state index in [2.05, 4.69) is 47.7 Å². The zero-order chi connectivity index (χ0) is 15.8. The van der Waals surface area contributed by atoms with Gasteiger partial charge in [-0.05, 0) is 42.4 Å². The van der Waals surface area contributed by atoms with Crippen molar-refractivity contribution in [2.24, 2.45) is 10.9 Å². The molecule has 2 N–H and O–H groups in total. The van der Waals surface area contributed by atoms with E-state index >= 15 is 0 Å². The fourth-order valence-corrected chi connectivity index (χ4v) is 2.66. The number of benzene rings is 1. The second-order valence-corrected chi connectivity index (χ2v) is 6.25. The Hall–Kier alpha value is -0.980. The highest BCUT2D eigenvalue weighted by molar-refractivity contribution is 14.0. The van der Waals surface area contributed by atoms with Crippen LogP contribution in [0.4, 0.5) is 0 Å². The molecule has 2 rings (SSSR count). The SMILES string of the molecule is CN=C(NCCCC(C)C)NCCc1ccc2c(c1)CCO2.I. The van der Waals surface area contributed by atoms with Gasteiger partial charge in [0.2, 0.25) is 0 Å². The maximum Gasteiger partial charge on any atom is 0.190 e. The number of fused-ring (bicyclic) bond motifs is 1.